The molecule has 220 valence electrons. The molecule has 0 aliphatic heterocycles. The Bertz CT molecular complexity index is 1480. The fourth-order valence-electron chi connectivity index (χ4n) is 4.23. The first-order chi connectivity index (χ1) is 19.2. The van der Waals surface area contributed by atoms with E-state index in [0.717, 1.165) is 16.1 Å². The number of sulfonamides is 1. The van der Waals surface area contributed by atoms with Crippen molar-refractivity contribution in [3.8, 4) is 5.75 Å². The second kappa shape index (κ2) is 13.6. The Kier molecular flexibility index (Phi) is 10.7. The van der Waals surface area contributed by atoms with Gasteiger partial charge < -0.3 is 15.0 Å². The van der Waals surface area contributed by atoms with Gasteiger partial charge in [-0.3, -0.25) is 13.9 Å². The third-order valence-corrected chi connectivity index (χ3v) is 8.01. The molecular formula is C30H35Cl2N3O5S. The molecule has 41 heavy (non-hydrogen) atoms. The van der Waals surface area contributed by atoms with Gasteiger partial charge in [-0.25, -0.2) is 8.42 Å². The lowest BCUT2D eigenvalue weighted by atomic mass is 10.0. The molecule has 1 N–H and O–H groups in total. The molecule has 3 aromatic rings. The van der Waals surface area contributed by atoms with Crippen LogP contribution in [0.5, 0.6) is 5.75 Å². The van der Waals surface area contributed by atoms with Crippen molar-refractivity contribution in [2.75, 3.05) is 24.2 Å². The lowest BCUT2D eigenvalue weighted by Gasteiger charge is -2.35. The van der Waals surface area contributed by atoms with E-state index >= 15 is 0 Å². The Labute approximate surface area is 252 Å². The van der Waals surface area contributed by atoms with Gasteiger partial charge in [-0.05, 0) is 62.2 Å². The molecule has 0 saturated carbocycles. The fourth-order valence-corrected chi connectivity index (χ4v) is 5.36. The molecule has 0 aromatic heterocycles. The van der Waals surface area contributed by atoms with Gasteiger partial charge in [-0.1, -0.05) is 65.7 Å². The minimum absolute atomic E-state index is 0.0318. The molecule has 0 bridgehead atoms. The number of hydrogen-bond donors (Lipinski definition) is 1. The highest BCUT2D eigenvalue weighted by molar-refractivity contribution is 7.92. The first kappa shape index (κ1) is 32.2. The van der Waals surface area contributed by atoms with E-state index < -0.39 is 34.1 Å². The van der Waals surface area contributed by atoms with Crippen LogP contribution in [0.4, 0.5) is 5.69 Å². The quantitative estimate of drug-likeness (QED) is 0.313. The van der Waals surface area contributed by atoms with Crippen molar-refractivity contribution in [1.82, 2.24) is 10.2 Å². The van der Waals surface area contributed by atoms with Crippen LogP contribution in [-0.4, -0.2) is 56.6 Å². The molecule has 11 heteroatoms. The molecule has 2 amide bonds. The number of rotatable bonds is 11. The lowest BCUT2D eigenvalue weighted by molar-refractivity contribution is -0.140. The maximum absolute atomic E-state index is 14.1. The van der Waals surface area contributed by atoms with Gasteiger partial charge in [0.15, 0.2) is 0 Å². The van der Waals surface area contributed by atoms with Gasteiger partial charge in [0.05, 0.1) is 29.1 Å². The van der Waals surface area contributed by atoms with Gasteiger partial charge >= 0.3 is 0 Å². The molecule has 0 saturated heterocycles. The third kappa shape index (κ3) is 9.38. The Morgan fingerprint density at radius 3 is 2.17 bits per heavy atom. The summed E-state index contributed by atoms with van der Waals surface area (Å²) in [4.78, 5) is 29.3. The normalized spacial score (nSPS) is 12.4. The topological polar surface area (TPSA) is 96.0 Å². The molecule has 0 fully saturated rings. The van der Waals surface area contributed by atoms with E-state index in [1.54, 1.807) is 18.2 Å². The molecule has 0 aliphatic rings. The van der Waals surface area contributed by atoms with Gasteiger partial charge in [0, 0.05) is 18.5 Å². The molecule has 8 nitrogen and oxygen atoms in total. The largest absolute Gasteiger partial charge is 0.497 e. The van der Waals surface area contributed by atoms with Crippen LogP contribution in [-0.2, 0) is 32.6 Å². The summed E-state index contributed by atoms with van der Waals surface area (Å²) in [5, 5.41) is 3.38. The molecule has 0 aliphatic carbocycles. The molecule has 3 rings (SSSR count). The summed E-state index contributed by atoms with van der Waals surface area (Å²) in [6.45, 7) is 5.04. The first-order valence-corrected chi connectivity index (χ1v) is 15.5. The first-order valence-electron chi connectivity index (χ1n) is 12.9. The number of anilines is 1. The molecular weight excluding hydrogens is 585 g/mol. The number of halogens is 2. The molecule has 0 heterocycles. The number of carbonyl (C=O) groups excluding carboxylic acids is 2. The maximum atomic E-state index is 14.1. The summed E-state index contributed by atoms with van der Waals surface area (Å²) in [6, 6.07) is 19.9. The Hall–Kier alpha value is -3.27. The number of methoxy groups -OCH3 is 1. The number of nitrogens with one attached hydrogen (secondary N) is 1. The highest BCUT2D eigenvalue weighted by Crippen LogP contribution is 2.29. The molecule has 3 aromatic carbocycles. The van der Waals surface area contributed by atoms with E-state index in [1.807, 2.05) is 57.2 Å². The second-order valence-electron chi connectivity index (χ2n) is 10.7. The van der Waals surface area contributed by atoms with Crippen molar-refractivity contribution in [3.05, 3.63) is 94.0 Å². The summed E-state index contributed by atoms with van der Waals surface area (Å²) in [5.41, 5.74) is 1.15. The Morgan fingerprint density at radius 1 is 0.927 bits per heavy atom. The number of ether oxygens (including phenoxy) is 1. The number of amides is 2. The van der Waals surface area contributed by atoms with Gasteiger partial charge in [-0.2, -0.15) is 0 Å². The minimum Gasteiger partial charge on any atom is -0.497 e. The SMILES string of the molecule is COc1cccc(CN(C(=O)CN(c2ccc(Cl)c(Cl)c2)S(C)(=O)=O)[C@@H](Cc2ccccc2)C(=O)NC(C)(C)C)c1. The minimum atomic E-state index is -3.93. The van der Waals surface area contributed by atoms with Crippen LogP contribution in [0.2, 0.25) is 10.0 Å². The van der Waals surface area contributed by atoms with Crippen LogP contribution in [0.25, 0.3) is 0 Å². The van der Waals surface area contributed by atoms with Gasteiger partial charge in [0.25, 0.3) is 0 Å². The van der Waals surface area contributed by atoms with E-state index in [-0.39, 0.29) is 34.6 Å². The zero-order valence-electron chi connectivity index (χ0n) is 23.7. The zero-order valence-corrected chi connectivity index (χ0v) is 26.1. The zero-order chi connectivity index (χ0) is 30.4. The van der Waals surface area contributed by atoms with Crippen LogP contribution in [0, 0.1) is 0 Å². The Morgan fingerprint density at radius 2 is 1.59 bits per heavy atom. The summed E-state index contributed by atoms with van der Waals surface area (Å²) in [5.74, 6) is -0.352. The predicted octanol–water partition coefficient (Wildman–Crippen LogP) is 5.32. The van der Waals surface area contributed by atoms with Gasteiger partial charge in [0.1, 0.15) is 18.3 Å². The van der Waals surface area contributed by atoms with Crippen molar-refractivity contribution in [2.45, 2.75) is 45.3 Å². The van der Waals surface area contributed by atoms with Crippen LogP contribution in [0.15, 0.2) is 72.8 Å². The molecule has 1 atom stereocenters. The molecule has 0 spiro atoms. The molecule has 0 radical (unpaired) electrons. The number of nitrogens with zero attached hydrogens (tertiary/aromatic N) is 2. The monoisotopic (exact) mass is 619 g/mol. The van der Waals surface area contributed by atoms with Crippen molar-refractivity contribution in [1.29, 1.82) is 0 Å². The van der Waals surface area contributed by atoms with Gasteiger partial charge in [0.2, 0.25) is 21.8 Å². The average Bonchev–Trinajstić information content (AvgIpc) is 2.90. The van der Waals surface area contributed by atoms with Crippen molar-refractivity contribution in [2.24, 2.45) is 0 Å². The van der Waals surface area contributed by atoms with Crippen LogP contribution < -0.4 is 14.4 Å². The number of carbonyl (C=O) groups is 2. The maximum Gasteiger partial charge on any atom is 0.244 e. The lowest BCUT2D eigenvalue weighted by Crippen LogP contribution is -2.56. The van der Waals surface area contributed by atoms with Crippen molar-refractivity contribution in [3.63, 3.8) is 0 Å². The standard InChI is InChI=1S/C30H35Cl2N3O5S/c1-30(2,3)33-29(37)27(17-21-10-7-6-8-11-21)34(19-22-12-9-13-24(16-22)40-4)28(36)20-35(41(5,38)39)23-14-15-25(31)26(32)18-23/h6-16,18,27H,17,19-20H2,1-5H3,(H,33,37)/t27-/m0/s1. The van der Waals surface area contributed by atoms with E-state index in [9.17, 15) is 18.0 Å². The van der Waals surface area contributed by atoms with E-state index in [2.05, 4.69) is 5.32 Å². The van der Waals surface area contributed by atoms with Crippen molar-refractivity contribution >= 4 is 50.7 Å². The summed E-state index contributed by atoms with van der Waals surface area (Å²) in [6.07, 6.45) is 1.22. The molecule has 0 unspecified atom stereocenters. The summed E-state index contributed by atoms with van der Waals surface area (Å²) < 4.78 is 32.1. The van der Waals surface area contributed by atoms with E-state index in [0.29, 0.717) is 11.3 Å². The predicted molar refractivity (Wildman–Crippen MR) is 164 cm³/mol. The van der Waals surface area contributed by atoms with Crippen LogP contribution in [0.3, 0.4) is 0 Å². The fraction of sp³-hybridized carbons (Fsp3) is 0.333. The Balaban J connectivity index is 2.10. The summed E-state index contributed by atoms with van der Waals surface area (Å²) in [7, 11) is -2.39. The average molecular weight is 621 g/mol. The number of hydrogen-bond acceptors (Lipinski definition) is 5. The summed E-state index contributed by atoms with van der Waals surface area (Å²) >= 11 is 12.2. The van der Waals surface area contributed by atoms with E-state index in [4.69, 9.17) is 27.9 Å². The van der Waals surface area contributed by atoms with Crippen LogP contribution >= 0.6 is 23.2 Å². The van der Waals surface area contributed by atoms with Gasteiger partial charge in [-0.15, -0.1) is 0 Å². The second-order valence-corrected chi connectivity index (χ2v) is 13.4. The number of benzene rings is 3. The van der Waals surface area contributed by atoms with Crippen molar-refractivity contribution < 1.29 is 22.7 Å². The van der Waals surface area contributed by atoms with E-state index in [1.165, 1.54) is 30.2 Å². The third-order valence-electron chi connectivity index (χ3n) is 6.13. The van der Waals surface area contributed by atoms with Crippen LogP contribution in [0.1, 0.15) is 31.9 Å². The smallest absolute Gasteiger partial charge is 0.244 e. The highest BCUT2D eigenvalue weighted by Gasteiger charge is 2.34. The highest BCUT2D eigenvalue weighted by atomic mass is 35.5.